The van der Waals surface area contributed by atoms with Crippen molar-refractivity contribution < 1.29 is 19.5 Å². The van der Waals surface area contributed by atoms with Crippen LogP contribution in [0.3, 0.4) is 0 Å². The van der Waals surface area contributed by atoms with Gasteiger partial charge in [-0.2, -0.15) is 0 Å². The standard InChI is InChI=1S/C22H19NO4/c24-20-18-14-10-16(12-5-2-1-3-6-12)17(11-14)19(18)21(25)23(20)15-8-4-7-13(9-15)22(26)27/h1-9,14,16-19H,10-11H2,(H,26,27). The number of amides is 2. The fraction of sp³-hybridized carbons (Fsp3) is 0.318. The Hall–Kier alpha value is -2.95. The molecule has 5 unspecified atom stereocenters. The summed E-state index contributed by atoms with van der Waals surface area (Å²) in [5.74, 6) is -1.20. The number of nitrogens with zero attached hydrogens (tertiary/aromatic N) is 1. The van der Waals surface area contributed by atoms with Gasteiger partial charge in [-0.25, -0.2) is 4.79 Å². The fourth-order valence-electron chi connectivity index (χ4n) is 5.58. The Labute approximate surface area is 156 Å². The van der Waals surface area contributed by atoms with Crippen molar-refractivity contribution in [1.82, 2.24) is 0 Å². The van der Waals surface area contributed by atoms with Gasteiger partial charge in [-0.05, 0) is 54.4 Å². The molecule has 136 valence electrons. The molecule has 2 aromatic rings. The first-order valence-electron chi connectivity index (χ1n) is 9.32. The molecule has 5 rings (SSSR count). The lowest BCUT2D eigenvalue weighted by atomic mass is 9.73. The number of rotatable bonds is 3. The Morgan fingerprint density at radius 1 is 0.926 bits per heavy atom. The highest BCUT2D eigenvalue weighted by Gasteiger charge is 2.64. The van der Waals surface area contributed by atoms with Crippen molar-refractivity contribution in [2.24, 2.45) is 23.7 Å². The number of carbonyl (C=O) groups is 3. The molecule has 5 atom stereocenters. The van der Waals surface area contributed by atoms with Crippen LogP contribution >= 0.6 is 0 Å². The van der Waals surface area contributed by atoms with Gasteiger partial charge in [-0.1, -0.05) is 36.4 Å². The lowest BCUT2D eigenvalue weighted by molar-refractivity contribution is -0.123. The van der Waals surface area contributed by atoms with Gasteiger partial charge in [-0.15, -0.1) is 0 Å². The van der Waals surface area contributed by atoms with Crippen LogP contribution in [0.25, 0.3) is 0 Å². The van der Waals surface area contributed by atoms with Crippen LogP contribution in [0.5, 0.6) is 0 Å². The highest BCUT2D eigenvalue weighted by atomic mass is 16.4. The summed E-state index contributed by atoms with van der Waals surface area (Å²) in [6.07, 6.45) is 1.87. The molecule has 2 amide bonds. The predicted molar refractivity (Wildman–Crippen MR) is 98.3 cm³/mol. The number of benzene rings is 2. The zero-order chi connectivity index (χ0) is 18.7. The first-order chi connectivity index (χ1) is 13.1. The molecule has 0 spiro atoms. The number of aromatic carboxylic acids is 1. The summed E-state index contributed by atoms with van der Waals surface area (Å²) >= 11 is 0. The van der Waals surface area contributed by atoms with Crippen molar-refractivity contribution in [1.29, 1.82) is 0 Å². The third-order valence-electron chi connectivity index (χ3n) is 6.59. The minimum absolute atomic E-state index is 0.0790. The normalized spacial score (nSPS) is 31.4. The molecule has 2 aromatic carbocycles. The van der Waals surface area contributed by atoms with Crippen LogP contribution in [0, 0.1) is 23.7 Å². The monoisotopic (exact) mass is 361 g/mol. The summed E-state index contributed by atoms with van der Waals surface area (Å²) in [5.41, 5.74) is 1.69. The van der Waals surface area contributed by atoms with Crippen molar-refractivity contribution in [2.45, 2.75) is 18.8 Å². The maximum atomic E-state index is 13.2. The van der Waals surface area contributed by atoms with Crippen LogP contribution in [0.4, 0.5) is 5.69 Å². The van der Waals surface area contributed by atoms with Crippen molar-refractivity contribution in [3.8, 4) is 0 Å². The number of fused-ring (bicyclic) bond motifs is 5. The molecule has 2 aliphatic carbocycles. The van der Waals surface area contributed by atoms with Crippen molar-refractivity contribution >= 4 is 23.5 Å². The van der Waals surface area contributed by atoms with Gasteiger partial charge in [-0.3, -0.25) is 14.5 Å². The van der Waals surface area contributed by atoms with E-state index in [1.807, 2.05) is 18.2 Å². The third kappa shape index (κ3) is 2.27. The molecule has 27 heavy (non-hydrogen) atoms. The molecule has 0 radical (unpaired) electrons. The molecule has 1 heterocycles. The molecule has 1 aliphatic heterocycles. The van der Waals surface area contributed by atoms with E-state index in [9.17, 15) is 19.5 Å². The van der Waals surface area contributed by atoms with E-state index in [2.05, 4.69) is 12.1 Å². The first kappa shape index (κ1) is 16.2. The summed E-state index contributed by atoms with van der Waals surface area (Å²) < 4.78 is 0. The smallest absolute Gasteiger partial charge is 0.335 e. The zero-order valence-electron chi connectivity index (χ0n) is 14.6. The molecule has 5 nitrogen and oxygen atoms in total. The van der Waals surface area contributed by atoms with Crippen LogP contribution < -0.4 is 4.90 Å². The largest absolute Gasteiger partial charge is 0.478 e. The summed E-state index contributed by atoms with van der Waals surface area (Å²) in [4.78, 5) is 38.8. The quantitative estimate of drug-likeness (QED) is 0.851. The number of hydrogen-bond donors (Lipinski definition) is 1. The van der Waals surface area contributed by atoms with Gasteiger partial charge in [0.1, 0.15) is 0 Å². The van der Waals surface area contributed by atoms with Gasteiger partial charge in [0.2, 0.25) is 11.8 Å². The number of anilines is 1. The van der Waals surface area contributed by atoms with Crippen molar-refractivity contribution in [3.05, 3.63) is 65.7 Å². The zero-order valence-corrected chi connectivity index (χ0v) is 14.6. The average molecular weight is 361 g/mol. The van der Waals surface area contributed by atoms with Gasteiger partial charge in [0.15, 0.2) is 0 Å². The minimum atomic E-state index is -1.07. The SMILES string of the molecule is O=C(O)c1cccc(N2C(=O)C3C4CC(c5ccccc5)C(C4)C3C2=O)c1. The maximum absolute atomic E-state index is 13.2. The molecule has 1 saturated heterocycles. The van der Waals surface area contributed by atoms with E-state index in [-0.39, 0.29) is 41.0 Å². The summed E-state index contributed by atoms with van der Waals surface area (Å²) in [6.45, 7) is 0. The Balaban J connectivity index is 1.49. The van der Waals surface area contributed by atoms with Crippen molar-refractivity contribution in [3.63, 3.8) is 0 Å². The number of carboxylic acids is 1. The van der Waals surface area contributed by atoms with Crippen LogP contribution in [-0.2, 0) is 9.59 Å². The van der Waals surface area contributed by atoms with Crippen LogP contribution in [0.15, 0.2) is 54.6 Å². The maximum Gasteiger partial charge on any atom is 0.335 e. The van der Waals surface area contributed by atoms with E-state index in [0.717, 1.165) is 12.8 Å². The molecule has 3 aliphatic rings. The van der Waals surface area contributed by atoms with E-state index in [1.54, 1.807) is 12.1 Å². The Morgan fingerprint density at radius 3 is 2.41 bits per heavy atom. The second kappa shape index (κ2) is 5.78. The number of carboxylic acid groups (broad SMARTS) is 1. The number of hydrogen-bond acceptors (Lipinski definition) is 3. The van der Waals surface area contributed by atoms with Crippen LogP contribution in [-0.4, -0.2) is 22.9 Å². The Morgan fingerprint density at radius 2 is 1.67 bits per heavy atom. The molecular weight excluding hydrogens is 342 g/mol. The topological polar surface area (TPSA) is 74.7 Å². The van der Waals surface area contributed by atoms with E-state index in [0.29, 0.717) is 11.6 Å². The molecular formula is C22H19NO4. The summed E-state index contributed by atoms with van der Waals surface area (Å²) in [7, 11) is 0. The number of carbonyl (C=O) groups excluding carboxylic acids is 2. The van der Waals surface area contributed by atoms with Gasteiger partial charge in [0.25, 0.3) is 0 Å². The Kier molecular flexibility index (Phi) is 3.47. The molecule has 2 bridgehead atoms. The molecule has 2 saturated carbocycles. The van der Waals surface area contributed by atoms with E-state index < -0.39 is 5.97 Å². The van der Waals surface area contributed by atoms with Gasteiger partial charge >= 0.3 is 5.97 Å². The predicted octanol–water partition coefficient (Wildman–Crippen LogP) is 3.31. The molecule has 3 fully saturated rings. The average Bonchev–Trinajstić information content (AvgIpc) is 3.34. The van der Waals surface area contributed by atoms with Gasteiger partial charge < -0.3 is 5.11 Å². The van der Waals surface area contributed by atoms with E-state index >= 15 is 0 Å². The van der Waals surface area contributed by atoms with Crippen LogP contribution in [0.2, 0.25) is 0 Å². The van der Waals surface area contributed by atoms with Crippen molar-refractivity contribution in [2.75, 3.05) is 4.90 Å². The van der Waals surface area contributed by atoms with E-state index in [1.165, 1.54) is 22.6 Å². The van der Waals surface area contributed by atoms with E-state index in [4.69, 9.17) is 0 Å². The minimum Gasteiger partial charge on any atom is -0.478 e. The lowest BCUT2D eigenvalue weighted by Crippen LogP contribution is -2.33. The molecule has 5 heteroatoms. The third-order valence-corrected chi connectivity index (χ3v) is 6.59. The van der Waals surface area contributed by atoms with Gasteiger partial charge in [0, 0.05) is 0 Å². The Bertz CT molecular complexity index is 954. The lowest BCUT2D eigenvalue weighted by Gasteiger charge is -2.28. The molecule has 0 aromatic heterocycles. The molecule has 1 N–H and O–H groups in total. The summed E-state index contributed by atoms with van der Waals surface area (Å²) in [5, 5.41) is 9.21. The second-order valence-electron chi connectivity index (χ2n) is 7.83. The highest BCUT2D eigenvalue weighted by Crippen LogP contribution is 2.61. The summed E-state index contributed by atoms with van der Waals surface area (Å²) in [6, 6.07) is 16.3. The second-order valence-corrected chi connectivity index (χ2v) is 7.83. The number of imide groups is 1. The van der Waals surface area contributed by atoms with Gasteiger partial charge in [0.05, 0.1) is 23.1 Å². The van der Waals surface area contributed by atoms with Crippen LogP contribution in [0.1, 0.15) is 34.7 Å². The first-order valence-corrected chi connectivity index (χ1v) is 9.32. The fourth-order valence-corrected chi connectivity index (χ4v) is 5.58. The highest BCUT2D eigenvalue weighted by molar-refractivity contribution is 6.22.